The molecular weight excluding hydrogens is 344 g/mol. The maximum Gasteiger partial charge on any atom is 0.339 e. The zero-order valence-electron chi connectivity index (χ0n) is 12.0. The number of carboxylic acids is 1. The molecule has 6 nitrogen and oxygen atoms in total. The van der Waals surface area contributed by atoms with Crippen molar-refractivity contribution in [1.82, 2.24) is 0 Å². The SMILES string of the molecule is CCOc1cc(C(=O)O)cc(Cl)c1OS(=O)(=O)c1ccccc1. The van der Waals surface area contributed by atoms with E-state index in [1.165, 1.54) is 12.1 Å². The first-order chi connectivity index (χ1) is 10.8. The van der Waals surface area contributed by atoms with Crippen molar-refractivity contribution < 1.29 is 27.2 Å². The molecule has 0 aliphatic carbocycles. The molecule has 0 heterocycles. The third-order valence-corrected chi connectivity index (χ3v) is 4.30. The predicted molar refractivity (Wildman–Crippen MR) is 83.8 cm³/mol. The second-order valence-corrected chi connectivity index (χ2v) is 6.33. The van der Waals surface area contributed by atoms with Crippen LogP contribution < -0.4 is 8.92 Å². The first-order valence-corrected chi connectivity index (χ1v) is 8.33. The number of hydrogen-bond acceptors (Lipinski definition) is 5. The maximum absolute atomic E-state index is 12.3. The summed E-state index contributed by atoms with van der Waals surface area (Å²) in [5.41, 5.74) is -0.136. The fraction of sp³-hybridized carbons (Fsp3) is 0.133. The van der Waals surface area contributed by atoms with Gasteiger partial charge in [0.15, 0.2) is 5.75 Å². The molecule has 8 heteroatoms. The summed E-state index contributed by atoms with van der Waals surface area (Å²) < 4.78 is 34.9. The highest BCUT2D eigenvalue weighted by Crippen LogP contribution is 2.38. The Morgan fingerprint density at radius 2 is 1.87 bits per heavy atom. The van der Waals surface area contributed by atoms with E-state index in [0.717, 1.165) is 12.1 Å². The minimum atomic E-state index is -4.12. The monoisotopic (exact) mass is 356 g/mol. The Labute approximate surface area is 138 Å². The summed E-state index contributed by atoms with van der Waals surface area (Å²) in [6.07, 6.45) is 0. The summed E-state index contributed by atoms with van der Waals surface area (Å²) in [5.74, 6) is -1.52. The normalized spacial score (nSPS) is 11.0. The molecule has 23 heavy (non-hydrogen) atoms. The van der Waals surface area contributed by atoms with Crippen LogP contribution in [-0.2, 0) is 10.1 Å². The molecule has 0 radical (unpaired) electrons. The van der Waals surface area contributed by atoms with Gasteiger partial charge in [0.1, 0.15) is 4.90 Å². The molecule has 0 saturated carbocycles. The second kappa shape index (κ2) is 6.89. The van der Waals surface area contributed by atoms with Crippen LogP contribution in [-0.4, -0.2) is 26.1 Å². The number of aromatic carboxylic acids is 1. The van der Waals surface area contributed by atoms with Gasteiger partial charge < -0.3 is 14.0 Å². The average molecular weight is 357 g/mol. The van der Waals surface area contributed by atoms with Crippen molar-refractivity contribution in [3.63, 3.8) is 0 Å². The summed E-state index contributed by atoms with van der Waals surface area (Å²) >= 11 is 5.98. The number of carboxylic acid groups (broad SMARTS) is 1. The molecule has 2 aromatic carbocycles. The quantitative estimate of drug-likeness (QED) is 0.799. The summed E-state index contributed by atoms with van der Waals surface area (Å²) in [6, 6.07) is 9.77. The van der Waals surface area contributed by atoms with Gasteiger partial charge in [0.25, 0.3) is 0 Å². The summed E-state index contributed by atoms with van der Waals surface area (Å²) in [5, 5.41) is 8.86. The van der Waals surface area contributed by atoms with Crippen molar-refractivity contribution in [3.05, 3.63) is 53.1 Å². The molecule has 0 bridgehead atoms. The van der Waals surface area contributed by atoms with Crippen LogP contribution in [0.2, 0.25) is 5.02 Å². The fourth-order valence-corrected chi connectivity index (χ4v) is 3.05. The summed E-state index contributed by atoms with van der Waals surface area (Å²) in [4.78, 5) is 11.0. The van der Waals surface area contributed by atoms with E-state index in [1.54, 1.807) is 25.1 Å². The predicted octanol–water partition coefficient (Wildman–Crippen LogP) is 3.20. The van der Waals surface area contributed by atoms with E-state index in [-0.39, 0.29) is 33.6 Å². The first kappa shape index (κ1) is 17.1. The largest absolute Gasteiger partial charge is 0.490 e. The van der Waals surface area contributed by atoms with E-state index < -0.39 is 16.1 Å². The molecule has 0 saturated heterocycles. The van der Waals surface area contributed by atoms with E-state index in [0.29, 0.717) is 0 Å². The van der Waals surface area contributed by atoms with Crippen LogP contribution in [0, 0.1) is 0 Å². The molecule has 0 unspecified atom stereocenters. The van der Waals surface area contributed by atoms with Gasteiger partial charge in [-0.2, -0.15) is 8.42 Å². The molecule has 122 valence electrons. The van der Waals surface area contributed by atoms with Gasteiger partial charge in [-0.05, 0) is 31.2 Å². The number of benzene rings is 2. The molecule has 0 aliphatic heterocycles. The molecule has 0 fully saturated rings. The number of hydrogen-bond donors (Lipinski definition) is 1. The Morgan fingerprint density at radius 3 is 2.43 bits per heavy atom. The van der Waals surface area contributed by atoms with Crippen LogP contribution in [0.15, 0.2) is 47.4 Å². The van der Waals surface area contributed by atoms with E-state index in [1.807, 2.05) is 0 Å². The van der Waals surface area contributed by atoms with Crippen LogP contribution >= 0.6 is 11.6 Å². The topological polar surface area (TPSA) is 89.9 Å². The lowest BCUT2D eigenvalue weighted by Gasteiger charge is -2.14. The fourth-order valence-electron chi connectivity index (χ4n) is 1.78. The van der Waals surface area contributed by atoms with Gasteiger partial charge in [0.2, 0.25) is 5.75 Å². The van der Waals surface area contributed by atoms with Crippen molar-refractivity contribution in [1.29, 1.82) is 0 Å². The standard InChI is InChI=1S/C15H13ClO6S/c1-2-21-13-9-10(15(17)18)8-12(16)14(13)22-23(19,20)11-6-4-3-5-7-11/h3-9H,2H2,1H3,(H,17,18). The zero-order chi connectivity index (χ0) is 17.0. The third kappa shape index (κ3) is 3.94. The van der Waals surface area contributed by atoms with Gasteiger partial charge in [-0.25, -0.2) is 4.79 Å². The van der Waals surface area contributed by atoms with E-state index in [2.05, 4.69) is 0 Å². The number of halogens is 1. The van der Waals surface area contributed by atoms with Gasteiger partial charge in [0, 0.05) is 0 Å². The van der Waals surface area contributed by atoms with Crippen molar-refractivity contribution in [3.8, 4) is 11.5 Å². The van der Waals surface area contributed by atoms with Gasteiger partial charge in [0.05, 0.1) is 17.2 Å². The first-order valence-electron chi connectivity index (χ1n) is 6.54. The third-order valence-electron chi connectivity index (χ3n) is 2.78. The lowest BCUT2D eigenvalue weighted by Crippen LogP contribution is -2.11. The zero-order valence-corrected chi connectivity index (χ0v) is 13.6. The minimum absolute atomic E-state index is 0.0548. The van der Waals surface area contributed by atoms with Crippen LogP contribution in [0.1, 0.15) is 17.3 Å². The van der Waals surface area contributed by atoms with E-state index in [4.69, 9.17) is 25.6 Å². The molecule has 0 aliphatic rings. The van der Waals surface area contributed by atoms with Crippen molar-refractivity contribution in [2.45, 2.75) is 11.8 Å². The maximum atomic E-state index is 12.3. The van der Waals surface area contributed by atoms with Crippen LogP contribution in [0.4, 0.5) is 0 Å². The minimum Gasteiger partial charge on any atom is -0.490 e. The average Bonchev–Trinajstić information content (AvgIpc) is 2.51. The van der Waals surface area contributed by atoms with Gasteiger partial charge >= 0.3 is 16.1 Å². The van der Waals surface area contributed by atoms with Crippen molar-refractivity contribution in [2.75, 3.05) is 6.61 Å². The lowest BCUT2D eigenvalue weighted by molar-refractivity contribution is 0.0696. The Balaban J connectivity index is 2.49. The van der Waals surface area contributed by atoms with Crippen LogP contribution in [0.5, 0.6) is 11.5 Å². The van der Waals surface area contributed by atoms with Crippen molar-refractivity contribution in [2.24, 2.45) is 0 Å². The summed E-state index contributed by atoms with van der Waals surface area (Å²) in [6.45, 7) is 1.85. The van der Waals surface area contributed by atoms with Crippen LogP contribution in [0.3, 0.4) is 0 Å². The number of ether oxygens (including phenoxy) is 1. The highest BCUT2D eigenvalue weighted by Gasteiger charge is 2.23. The second-order valence-electron chi connectivity index (χ2n) is 4.37. The van der Waals surface area contributed by atoms with E-state index in [9.17, 15) is 13.2 Å². The highest BCUT2D eigenvalue weighted by atomic mass is 35.5. The molecule has 2 aromatic rings. The molecule has 1 N–H and O–H groups in total. The molecule has 0 atom stereocenters. The smallest absolute Gasteiger partial charge is 0.339 e. The Hall–Kier alpha value is -2.25. The van der Waals surface area contributed by atoms with Gasteiger partial charge in [-0.15, -0.1) is 0 Å². The Kier molecular flexibility index (Phi) is 5.12. The van der Waals surface area contributed by atoms with Crippen LogP contribution in [0.25, 0.3) is 0 Å². The van der Waals surface area contributed by atoms with Crippen molar-refractivity contribution >= 4 is 27.7 Å². The Morgan fingerprint density at radius 1 is 1.22 bits per heavy atom. The lowest BCUT2D eigenvalue weighted by atomic mass is 10.2. The molecule has 2 rings (SSSR count). The number of carbonyl (C=O) groups is 1. The van der Waals surface area contributed by atoms with E-state index >= 15 is 0 Å². The highest BCUT2D eigenvalue weighted by molar-refractivity contribution is 7.87. The summed E-state index contributed by atoms with van der Waals surface area (Å²) in [7, 11) is -4.12. The molecular formula is C15H13ClO6S. The van der Waals surface area contributed by atoms with Gasteiger partial charge in [-0.1, -0.05) is 29.8 Å². The number of rotatable bonds is 6. The van der Waals surface area contributed by atoms with Gasteiger partial charge in [-0.3, -0.25) is 0 Å². The molecule has 0 spiro atoms. The molecule has 0 amide bonds. The molecule has 0 aromatic heterocycles. The Bertz CT molecular complexity index is 817.